The molecule has 2 saturated heterocycles. The molecule has 0 bridgehead atoms. The number of urea groups is 1. The van der Waals surface area contributed by atoms with Gasteiger partial charge in [0.25, 0.3) is 5.91 Å². The van der Waals surface area contributed by atoms with E-state index in [0.717, 1.165) is 12.0 Å². The summed E-state index contributed by atoms with van der Waals surface area (Å²) in [5, 5.41) is 11.5. The summed E-state index contributed by atoms with van der Waals surface area (Å²) < 4.78 is 4.46. The molecule has 4 N–H and O–H groups in total. The Kier molecular flexibility index (Phi) is 4.22. The predicted molar refractivity (Wildman–Crippen MR) is 71.8 cm³/mol. The van der Waals surface area contributed by atoms with Crippen LogP contribution >= 0.6 is 0 Å². The highest BCUT2D eigenvalue weighted by Gasteiger charge is 2.53. The Bertz CT molecular complexity index is 514. The van der Waals surface area contributed by atoms with Crippen LogP contribution in [0.25, 0.3) is 0 Å². The third-order valence-corrected chi connectivity index (χ3v) is 4.02. The lowest BCUT2D eigenvalue weighted by Gasteiger charge is -2.35. The van der Waals surface area contributed by atoms with Gasteiger partial charge in [-0.2, -0.15) is 0 Å². The minimum atomic E-state index is -1.12. The van der Waals surface area contributed by atoms with Gasteiger partial charge in [-0.15, -0.1) is 0 Å². The first-order chi connectivity index (χ1) is 10.3. The molecule has 0 radical (unpaired) electrons. The van der Waals surface area contributed by atoms with Gasteiger partial charge in [0.2, 0.25) is 0 Å². The number of ether oxygens (including phenoxy) is 1. The molecule has 2 rings (SSSR count). The molecule has 10 nitrogen and oxygen atoms in total. The molecule has 2 fully saturated rings. The zero-order chi connectivity index (χ0) is 16.5. The molecule has 1 spiro atoms. The van der Waals surface area contributed by atoms with E-state index in [4.69, 9.17) is 10.8 Å². The average Bonchev–Trinajstić information content (AvgIpc) is 2.71. The van der Waals surface area contributed by atoms with Crippen LogP contribution in [0.1, 0.15) is 12.8 Å². The molecule has 10 heteroatoms. The van der Waals surface area contributed by atoms with Gasteiger partial charge in [0.05, 0.1) is 13.7 Å². The van der Waals surface area contributed by atoms with Crippen molar-refractivity contribution in [2.24, 2.45) is 5.73 Å². The summed E-state index contributed by atoms with van der Waals surface area (Å²) in [7, 11) is 1.16. The van der Waals surface area contributed by atoms with E-state index in [2.05, 4.69) is 10.1 Å². The zero-order valence-corrected chi connectivity index (χ0v) is 12.1. The van der Waals surface area contributed by atoms with E-state index in [-0.39, 0.29) is 32.5 Å². The van der Waals surface area contributed by atoms with Crippen molar-refractivity contribution in [1.82, 2.24) is 15.1 Å². The molecule has 0 aromatic heterocycles. The van der Waals surface area contributed by atoms with Crippen LogP contribution in [0.2, 0.25) is 0 Å². The quantitative estimate of drug-likeness (QED) is 0.427. The molecular formula is C12H18N4O6. The number of carboxylic acid groups (broad SMARTS) is 1. The highest BCUT2D eigenvalue weighted by Crippen LogP contribution is 2.29. The molecule has 0 aromatic rings. The number of nitrogens with zero attached hydrogens (tertiary/aromatic N) is 2. The predicted octanol–water partition coefficient (Wildman–Crippen LogP) is -1.45. The molecule has 1 atom stereocenters. The van der Waals surface area contributed by atoms with Crippen molar-refractivity contribution >= 4 is 24.0 Å². The smallest absolute Gasteiger partial charge is 0.407 e. The highest BCUT2D eigenvalue weighted by atomic mass is 16.5. The number of amides is 4. The van der Waals surface area contributed by atoms with E-state index in [1.165, 1.54) is 4.90 Å². The van der Waals surface area contributed by atoms with Crippen LogP contribution in [0.15, 0.2) is 0 Å². The van der Waals surface area contributed by atoms with Gasteiger partial charge in [-0.1, -0.05) is 0 Å². The number of nitrogens with two attached hydrogens (primary N) is 1. The van der Waals surface area contributed by atoms with Gasteiger partial charge in [-0.25, -0.2) is 9.59 Å². The largest absolute Gasteiger partial charge is 0.468 e. The average molecular weight is 314 g/mol. The van der Waals surface area contributed by atoms with Gasteiger partial charge in [-0.05, 0) is 12.8 Å². The molecule has 2 aliphatic rings. The van der Waals surface area contributed by atoms with Gasteiger partial charge in [0.15, 0.2) is 0 Å². The van der Waals surface area contributed by atoms with E-state index in [9.17, 15) is 19.2 Å². The van der Waals surface area contributed by atoms with Gasteiger partial charge >= 0.3 is 18.1 Å². The maximum Gasteiger partial charge on any atom is 0.407 e. The number of rotatable bonds is 3. The van der Waals surface area contributed by atoms with Crippen molar-refractivity contribution in [3.8, 4) is 0 Å². The molecule has 0 saturated carbocycles. The van der Waals surface area contributed by atoms with Crippen LogP contribution in [0.4, 0.5) is 9.59 Å². The summed E-state index contributed by atoms with van der Waals surface area (Å²) in [6, 6.07) is -1.75. The molecule has 2 heterocycles. The highest BCUT2D eigenvalue weighted by molar-refractivity contribution is 6.07. The zero-order valence-electron chi connectivity index (χ0n) is 12.1. The Labute approximate surface area is 126 Å². The summed E-state index contributed by atoms with van der Waals surface area (Å²) in [6.45, 7) is 0.0260. The van der Waals surface area contributed by atoms with Crippen LogP contribution < -0.4 is 11.1 Å². The number of esters is 1. The second kappa shape index (κ2) is 5.79. The lowest BCUT2D eigenvalue weighted by atomic mass is 9.87. The van der Waals surface area contributed by atoms with Crippen molar-refractivity contribution < 1.29 is 29.0 Å². The summed E-state index contributed by atoms with van der Waals surface area (Å²) in [6.07, 6.45) is -0.682. The number of imide groups is 1. The standard InChI is InChI=1S/C12H18N4O6/c1-22-8(17)7(13)6-16-9(18)12(14-10(16)19)2-4-15(5-3-12)11(20)21/h7H,2-6,13H2,1H3,(H,14,19)(H,20,21)/t7-/m0/s1. The fourth-order valence-electron chi connectivity index (χ4n) is 2.68. The fraction of sp³-hybridized carbons (Fsp3) is 0.667. The molecule has 0 aromatic carbocycles. The van der Waals surface area contributed by atoms with Crippen LogP contribution in [-0.2, 0) is 14.3 Å². The maximum absolute atomic E-state index is 12.5. The van der Waals surface area contributed by atoms with E-state index >= 15 is 0 Å². The Morgan fingerprint density at radius 3 is 2.50 bits per heavy atom. The Hall–Kier alpha value is -2.36. The summed E-state index contributed by atoms with van der Waals surface area (Å²) >= 11 is 0. The first kappa shape index (κ1) is 16.0. The van der Waals surface area contributed by atoms with Crippen molar-refractivity contribution in [2.75, 3.05) is 26.7 Å². The summed E-state index contributed by atoms with van der Waals surface area (Å²) in [5.41, 5.74) is 4.47. The minimum Gasteiger partial charge on any atom is -0.468 e. The molecule has 0 aliphatic carbocycles. The number of hydrogen-bond donors (Lipinski definition) is 3. The van der Waals surface area contributed by atoms with E-state index in [1.807, 2.05) is 0 Å². The topological polar surface area (TPSA) is 142 Å². The number of hydrogen-bond acceptors (Lipinski definition) is 6. The Balaban J connectivity index is 2.06. The SMILES string of the molecule is COC(=O)[C@@H](N)CN1C(=O)NC2(CCN(C(=O)O)CC2)C1=O. The summed E-state index contributed by atoms with van der Waals surface area (Å²) in [5.74, 6) is -1.20. The maximum atomic E-state index is 12.5. The van der Waals surface area contributed by atoms with Crippen LogP contribution in [0.3, 0.4) is 0 Å². The molecule has 122 valence electrons. The van der Waals surface area contributed by atoms with Gasteiger partial charge < -0.3 is 25.8 Å². The van der Waals surface area contributed by atoms with E-state index in [1.54, 1.807) is 0 Å². The van der Waals surface area contributed by atoms with Crippen LogP contribution in [0, 0.1) is 0 Å². The number of carbonyl (C=O) groups is 4. The lowest BCUT2D eigenvalue weighted by molar-refractivity contribution is -0.143. The third kappa shape index (κ3) is 2.69. The van der Waals surface area contributed by atoms with Crippen molar-refractivity contribution in [2.45, 2.75) is 24.4 Å². The van der Waals surface area contributed by atoms with Gasteiger partial charge in [-0.3, -0.25) is 14.5 Å². The van der Waals surface area contributed by atoms with Gasteiger partial charge in [0, 0.05) is 13.1 Å². The fourth-order valence-corrected chi connectivity index (χ4v) is 2.68. The van der Waals surface area contributed by atoms with E-state index in [0.29, 0.717) is 0 Å². The number of methoxy groups -OCH3 is 1. The van der Waals surface area contributed by atoms with Gasteiger partial charge in [0.1, 0.15) is 11.6 Å². The monoisotopic (exact) mass is 314 g/mol. The third-order valence-electron chi connectivity index (χ3n) is 4.02. The molecule has 22 heavy (non-hydrogen) atoms. The number of likely N-dealkylation sites (tertiary alicyclic amines) is 1. The number of carbonyl (C=O) groups excluding carboxylic acids is 3. The first-order valence-corrected chi connectivity index (χ1v) is 6.76. The van der Waals surface area contributed by atoms with Crippen molar-refractivity contribution in [1.29, 1.82) is 0 Å². The second-order valence-corrected chi connectivity index (χ2v) is 5.33. The Morgan fingerprint density at radius 2 is 2.00 bits per heavy atom. The van der Waals surface area contributed by atoms with E-state index < -0.39 is 35.6 Å². The van der Waals surface area contributed by atoms with Crippen molar-refractivity contribution in [3.63, 3.8) is 0 Å². The first-order valence-electron chi connectivity index (χ1n) is 6.76. The molecular weight excluding hydrogens is 296 g/mol. The number of nitrogens with one attached hydrogen (secondary N) is 1. The number of piperidine rings is 1. The van der Waals surface area contributed by atoms with Crippen LogP contribution in [0.5, 0.6) is 0 Å². The molecule has 2 aliphatic heterocycles. The molecule has 0 unspecified atom stereocenters. The normalized spacial score (nSPS) is 21.7. The summed E-state index contributed by atoms with van der Waals surface area (Å²) in [4.78, 5) is 48.7. The minimum absolute atomic E-state index is 0.151. The van der Waals surface area contributed by atoms with Crippen molar-refractivity contribution in [3.05, 3.63) is 0 Å². The van der Waals surface area contributed by atoms with Crippen LogP contribution in [-0.4, -0.2) is 77.2 Å². The Morgan fingerprint density at radius 1 is 1.41 bits per heavy atom. The lowest BCUT2D eigenvalue weighted by Crippen LogP contribution is -2.56. The second-order valence-electron chi connectivity index (χ2n) is 5.33. The molecule has 4 amide bonds.